The van der Waals surface area contributed by atoms with Crippen molar-refractivity contribution in [2.75, 3.05) is 0 Å². The molecular formula is C10H13KO3S. The molecule has 0 aliphatic rings. The fourth-order valence-corrected chi connectivity index (χ4v) is 2.06. The summed E-state index contributed by atoms with van der Waals surface area (Å²) in [5, 5.41) is 0. The molecule has 0 saturated carbocycles. The Kier molecular flexibility index (Phi) is 7.53. The van der Waals surface area contributed by atoms with E-state index >= 15 is 0 Å². The summed E-state index contributed by atoms with van der Waals surface area (Å²) in [6.07, 6.45) is 2.52. The van der Waals surface area contributed by atoms with Crippen LogP contribution < -0.4 is 51.4 Å². The van der Waals surface area contributed by atoms with Gasteiger partial charge in [-0.15, -0.1) is 0 Å². The van der Waals surface area contributed by atoms with Gasteiger partial charge in [-0.2, -0.15) is 0 Å². The van der Waals surface area contributed by atoms with Crippen molar-refractivity contribution in [2.24, 2.45) is 0 Å². The van der Waals surface area contributed by atoms with Gasteiger partial charge in [0.2, 0.25) is 0 Å². The standard InChI is InChI=1S/C10H14O3S.K/c1-2-3-6-9-7-4-5-8-10(9)14(11,12)13;/h4-5,7-8H,2-3,6H2,1H3,(H,11,12,13);/q;+1/p-1. The molecule has 0 fully saturated rings. The summed E-state index contributed by atoms with van der Waals surface area (Å²) < 4.78 is 32.6. The number of aryl methyl sites for hydroxylation is 1. The van der Waals surface area contributed by atoms with Gasteiger partial charge in [-0.05, 0) is 24.5 Å². The maximum atomic E-state index is 10.9. The van der Waals surface area contributed by atoms with Gasteiger partial charge in [-0.25, -0.2) is 8.42 Å². The molecule has 0 bridgehead atoms. The predicted molar refractivity (Wildman–Crippen MR) is 53.0 cm³/mol. The Labute approximate surface area is 133 Å². The molecule has 0 aliphatic heterocycles. The zero-order valence-corrected chi connectivity index (χ0v) is 13.0. The van der Waals surface area contributed by atoms with Crippen molar-refractivity contribution in [3.63, 3.8) is 0 Å². The van der Waals surface area contributed by atoms with Gasteiger partial charge in [-0.1, -0.05) is 31.5 Å². The van der Waals surface area contributed by atoms with Crippen molar-refractivity contribution < 1.29 is 64.4 Å². The molecule has 1 aromatic rings. The average molecular weight is 252 g/mol. The summed E-state index contributed by atoms with van der Waals surface area (Å²) in [4.78, 5) is -0.0755. The molecule has 0 aromatic heterocycles. The Hall–Kier alpha value is 0.766. The predicted octanol–water partition coefficient (Wildman–Crippen LogP) is -1.06. The quantitative estimate of drug-likeness (QED) is 0.507. The van der Waals surface area contributed by atoms with Crippen LogP contribution in [0, 0.1) is 0 Å². The summed E-state index contributed by atoms with van der Waals surface area (Å²) in [6, 6.07) is 6.38. The summed E-state index contributed by atoms with van der Waals surface area (Å²) in [5.41, 5.74) is 0.629. The number of hydrogen-bond donors (Lipinski definition) is 0. The fourth-order valence-electron chi connectivity index (χ4n) is 1.32. The van der Waals surface area contributed by atoms with Gasteiger partial charge in [-0.3, -0.25) is 0 Å². The number of unbranched alkanes of at least 4 members (excludes halogenated alkanes) is 1. The minimum atomic E-state index is -4.31. The minimum Gasteiger partial charge on any atom is -0.744 e. The summed E-state index contributed by atoms with van der Waals surface area (Å²) in [5.74, 6) is 0. The molecule has 15 heavy (non-hydrogen) atoms. The van der Waals surface area contributed by atoms with Crippen molar-refractivity contribution >= 4 is 10.1 Å². The molecule has 5 heteroatoms. The van der Waals surface area contributed by atoms with Gasteiger partial charge in [0, 0.05) is 0 Å². The summed E-state index contributed by atoms with van der Waals surface area (Å²) >= 11 is 0. The molecule has 3 nitrogen and oxygen atoms in total. The Morgan fingerprint density at radius 2 is 1.87 bits per heavy atom. The third-order valence-corrected chi connectivity index (χ3v) is 2.98. The van der Waals surface area contributed by atoms with Crippen molar-refractivity contribution in [3.8, 4) is 0 Å². The van der Waals surface area contributed by atoms with Crippen LogP contribution in [0.4, 0.5) is 0 Å². The molecule has 0 spiro atoms. The maximum Gasteiger partial charge on any atom is 1.00 e. The minimum absolute atomic E-state index is 0. The van der Waals surface area contributed by atoms with Gasteiger partial charge in [0.05, 0.1) is 4.90 Å². The van der Waals surface area contributed by atoms with E-state index in [1.54, 1.807) is 18.2 Å². The van der Waals surface area contributed by atoms with Crippen LogP contribution >= 0.6 is 0 Å². The van der Waals surface area contributed by atoms with Crippen LogP contribution in [0.3, 0.4) is 0 Å². The Bertz CT molecular complexity index is 401. The summed E-state index contributed by atoms with van der Waals surface area (Å²) in [7, 11) is -4.31. The number of rotatable bonds is 4. The maximum absolute atomic E-state index is 10.9. The average Bonchev–Trinajstić information content (AvgIpc) is 2.14. The zero-order chi connectivity index (χ0) is 10.6. The first-order chi connectivity index (χ1) is 6.55. The van der Waals surface area contributed by atoms with Crippen LogP contribution in [0.25, 0.3) is 0 Å². The van der Waals surface area contributed by atoms with E-state index in [0.29, 0.717) is 12.0 Å². The Morgan fingerprint density at radius 1 is 1.27 bits per heavy atom. The molecule has 1 rings (SSSR count). The normalized spacial score (nSPS) is 10.8. The molecule has 78 valence electrons. The van der Waals surface area contributed by atoms with E-state index in [1.165, 1.54) is 6.07 Å². The van der Waals surface area contributed by atoms with E-state index in [9.17, 15) is 13.0 Å². The largest absolute Gasteiger partial charge is 1.00 e. The van der Waals surface area contributed by atoms with Crippen molar-refractivity contribution in [3.05, 3.63) is 29.8 Å². The van der Waals surface area contributed by atoms with Crippen molar-refractivity contribution in [1.82, 2.24) is 0 Å². The van der Waals surface area contributed by atoms with Crippen LogP contribution in [0.1, 0.15) is 25.3 Å². The second-order valence-corrected chi connectivity index (χ2v) is 4.51. The SMILES string of the molecule is CCCCc1ccccc1S(=O)(=O)[O-].[K+]. The molecule has 0 heterocycles. The number of hydrogen-bond acceptors (Lipinski definition) is 3. The van der Waals surface area contributed by atoms with E-state index < -0.39 is 10.1 Å². The van der Waals surface area contributed by atoms with Crippen molar-refractivity contribution in [2.45, 2.75) is 31.1 Å². The third-order valence-electron chi connectivity index (χ3n) is 2.04. The van der Waals surface area contributed by atoms with Crippen LogP contribution in [-0.2, 0) is 16.5 Å². The number of benzene rings is 1. The van der Waals surface area contributed by atoms with Gasteiger partial charge in [0.25, 0.3) is 0 Å². The van der Waals surface area contributed by atoms with Gasteiger partial charge in [0.1, 0.15) is 10.1 Å². The summed E-state index contributed by atoms with van der Waals surface area (Å²) in [6.45, 7) is 2.02. The zero-order valence-electron chi connectivity index (χ0n) is 9.06. The van der Waals surface area contributed by atoms with Gasteiger partial charge < -0.3 is 4.55 Å². The molecule has 0 atom stereocenters. The first-order valence-electron chi connectivity index (χ1n) is 4.59. The third kappa shape index (κ3) is 5.08. The van der Waals surface area contributed by atoms with Crippen molar-refractivity contribution in [1.29, 1.82) is 0 Å². The van der Waals surface area contributed by atoms with E-state index in [4.69, 9.17) is 0 Å². The molecular weight excluding hydrogens is 239 g/mol. The molecule has 1 aromatic carbocycles. The van der Waals surface area contributed by atoms with Crippen LogP contribution in [0.5, 0.6) is 0 Å². The van der Waals surface area contributed by atoms with E-state index in [-0.39, 0.29) is 56.3 Å². The van der Waals surface area contributed by atoms with Crippen LogP contribution in [0.2, 0.25) is 0 Å². The molecule has 0 amide bonds. The molecule has 0 N–H and O–H groups in total. The van der Waals surface area contributed by atoms with E-state index in [2.05, 4.69) is 0 Å². The molecule has 0 radical (unpaired) electrons. The van der Waals surface area contributed by atoms with E-state index in [0.717, 1.165) is 12.8 Å². The second-order valence-electron chi connectivity index (χ2n) is 3.17. The fraction of sp³-hybridized carbons (Fsp3) is 0.400. The first kappa shape index (κ1) is 15.8. The van der Waals surface area contributed by atoms with Crippen LogP contribution in [-0.4, -0.2) is 13.0 Å². The topological polar surface area (TPSA) is 57.2 Å². The van der Waals surface area contributed by atoms with Gasteiger partial charge >= 0.3 is 51.4 Å². The first-order valence-corrected chi connectivity index (χ1v) is 6.00. The Balaban J connectivity index is 0.00000196. The van der Waals surface area contributed by atoms with Crippen LogP contribution in [0.15, 0.2) is 29.2 Å². The smallest absolute Gasteiger partial charge is 0.744 e. The monoisotopic (exact) mass is 252 g/mol. The van der Waals surface area contributed by atoms with Gasteiger partial charge in [0.15, 0.2) is 0 Å². The Morgan fingerprint density at radius 3 is 2.40 bits per heavy atom. The van der Waals surface area contributed by atoms with E-state index in [1.807, 2.05) is 6.92 Å². The molecule has 0 aliphatic carbocycles. The second kappa shape index (κ2) is 7.16. The molecule has 0 unspecified atom stereocenters. The molecule has 0 saturated heterocycles.